The SMILES string of the molecule is CCOc1ccc(NC(=O)[C@@H]2[C@H]3C(=O)N(CCCO)C(C(=O)Nc4ccccc4Cl)C34CC[C@H]2S4)cc1. The molecular weight excluding hydrogens is 514 g/mol. The highest BCUT2D eigenvalue weighted by Crippen LogP contribution is 2.66. The maximum atomic E-state index is 13.8. The Hall–Kier alpha value is -2.75. The van der Waals surface area contributed by atoms with Crippen LogP contribution in [0, 0.1) is 11.8 Å². The quantitative estimate of drug-likeness (QED) is 0.444. The summed E-state index contributed by atoms with van der Waals surface area (Å²) in [5.74, 6) is -1.17. The Labute approximate surface area is 225 Å². The first-order chi connectivity index (χ1) is 17.9. The number of benzene rings is 2. The van der Waals surface area contributed by atoms with Crippen molar-refractivity contribution < 1.29 is 24.2 Å². The van der Waals surface area contributed by atoms with Crippen LogP contribution in [-0.4, -0.2) is 63.5 Å². The van der Waals surface area contributed by atoms with Crippen molar-refractivity contribution in [2.75, 3.05) is 30.4 Å². The first-order valence-corrected chi connectivity index (χ1v) is 13.8. The van der Waals surface area contributed by atoms with E-state index in [1.807, 2.05) is 6.92 Å². The smallest absolute Gasteiger partial charge is 0.248 e. The van der Waals surface area contributed by atoms with E-state index in [0.717, 1.165) is 6.42 Å². The highest BCUT2D eigenvalue weighted by molar-refractivity contribution is 8.02. The fourth-order valence-electron chi connectivity index (χ4n) is 6.03. The van der Waals surface area contributed by atoms with Crippen LogP contribution in [0.5, 0.6) is 5.75 Å². The number of nitrogens with zero attached hydrogens (tertiary/aromatic N) is 1. The Bertz CT molecular complexity index is 1190. The van der Waals surface area contributed by atoms with Gasteiger partial charge in [0.2, 0.25) is 17.7 Å². The average molecular weight is 544 g/mol. The van der Waals surface area contributed by atoms with Gasteiger partial charge < -0.3 is 25.4 Å². The summed E-state index contributed by atoms with van der Waals surface area (Å²) in [7, 11) is 0. The number of aliphatic hydroxyl groups is 1. The summed E-state index contributed by atoms with van der Waals surface area (Å²) in [5.41, 5.74) is 1.11. The van der Waals surface area contributed by atoms with E-state index in [-0.39, 0.29) is 36.1 Å². The monoisotopic (exact) mass is 543 g/mol. The van der Waals surface area contributed by atoms with Gasteiger partial charge in [0.05, 0.1) is 33.9 Å². The predicted molar refractivity (Wildman–Crippen MR) is 144 cm³/mol. The van der Waals surface area contributed by atoms with Gasteiger partial charge in [0.1, 0.15) is 11.8 Å². The molecule has 0 radical (unpaired) electrons. The van der Waals surface area contributed by atoms with Crippen LogP contribution in [-0.2, 0) is 14.4 Å². The fraction of sp³-hybridized carbons (Fsp3) is 0.444. The number of hydrogen-bond acceptors (Lipinski definition) is 6. The van der Waals surface area contributed by atoms with Gasteiger partial charge >= 0.3 is 0 Å². The van der Waals surface area contributed by atoms with Gasteiger partial charge in [0, 0.05) is 24.1 Å². The Kier molecular flexibility index (Phi) is 7.38. The minimum absolute atomic E-state index is 0.0488. The Morgan fingerprint density at radius 1 is 1.16 bits per heavy atom. The van der Waals surface area contributed by atoms with Crippen molar-refractivity contribution in [1.82, 2.24) is 4.90 Å². The molecule has 8 nitrogen and oxygen atoms in total. The predicted octanol–water partition coefficient (Wildman–Crippen LogP) is 3.79. The molecule has 0 aromatic heterocycles. The molecule has 0 saturated carbocycles. The van der Waals surface area contributed by atoms with Crippen molar-refractivity contribution in [1.29, 1.82) is 0 Å². The lowest BCUT2D eigenvalue weighted by Gasteiger charge is -2.34. The topological polar surface area (TPSA) is 108 Å². The van der Waals surface area contributed by atoms with E-state index in [2.05, 4.69) is 10.6 Å². The van der Waals surface area contributed by atoms with Crippen molar-refractivity contribution in [3.8, 4) is 5.75 Å². The molecule has 3 saturated heterocycles. The van der Waals surface area contributed by atoms with Crippen LogP contribution in [0.1, 0.15) is 26.2 Å². The summed E-state index contributed by atoms with van der Waals surface area (Å²) in [6, 6.07) is 13.4. The second kappa shape index (κ2) is 10.6. The molecule has 3 N–H and O–H groups in total. The van der Waals surface area contributed by atoms with Crippen LogP contribution < -0.4 is 15.4 Å². The number of anilines is 2. The molecule has 2 unspecified atom stereocenters. The molecule has 3 aliphatic heterocycles. The number of para-hydroxylation sites is 1. The Morgan fingerprint density at radius 2 is 1.92 bits per heavy atom. The lowest BCUT2D eigenvalue weighted by molar-refractivity contribution is -0.138. The molecule has 2 aromatic rings. The zero-order chi connectivity index (χ0) is 26.2. The lowest BCUT2D eigenvalue weighted by Crippen LogP contribution is -2.51. The number of halogens is 1. The summed E-state index contributed by atoms with van der Waals surface area (Å²) in [4.78, 5) is 42.7. The van der Waals surface area contributed by atoms with E-state index in [1.54, 1.807) is 65.2 Å². The van der Waals surface area contributed by atoms with E-state index in [4.69, 9.17) is 16.3 Å². The molecule has 3 fully saturated rings. The van der Waals surface area contributed by atoms with Crippen molar-refractivity contribution in [2.45, 2.75) is 42.2 Å². The molecule has 0 aliphatic carbocycles. The molecule has 3 amide bonds. The van der Waals surface area contributed by atoms with E-state index < -0.39 is 22.6 Å². The highest BCUT2D eigenvalue weighted by atomic mass is 35.5. The van der Waals surface area contributed by atoms with Gasteiger partial charge in [-0.2, -0.15) is 0 Å². The standard InChI is InChI=1S/C27H30ClN3O5S/c1-2-36-17-10-8-16(9-11-17)29-24(33)21-20-12-13-27(37-20)22(21)26(35)31(14-5-15-32)23(27)25(34)30-19-7-4-3-6-18(19)28/h3-4,6-11,20-23,32H,2,5,12-15H2,1H3,(H,29,33)(H,30,34)/t20-,21+,22+,23?,27?/m1/s1. The molecule has 5 atom stereocenters. The average Bonchev–Trinajstić information content (AvgIpc) is 3.53. The van der Waals surface area contributed by atoms with Crippen LogP contribution in [0.15, 0.2) is 48.5 Å². The van der Waals surface area contributed by atoms with Gasteiger partial charge in [0.15, 0.2) is 0 Å². The molecule has 5 rings (SSSR count). The molecule has 3 heterocycles. The second-order valence-electron chi connectivity index (χ2n) is 9.58. The minimum Gasteiger partial charge on any atom is -0.494 e. The van der Waals surface area contributed by atoms with Crippen LogP contribution in [0.2, 0.25) is 5.02 Å². The number of carbonyl (C=O) groups excluding carboxylic acids is 3. The largest absolute Gasteiger partial charge is 0.494 e. The molecule has 10 heteroatoms. The molecular formula is C27H30ClN3O5S. The zero-order valence-electron chi connectivity index (χ0n) is 20.5. The number of amides is 3. The van der Waals surface area contributed by atoms with Crippen LogP contribution in [0.3, 0.4) is 0 Å². The summed E-state index contributed by atoms with van der Waals surface area (Å²) in [6.07, 6.45) is 1.77. The van der Waals surface area contributed by atoms with Gasteiger partial charge in [-0.05, 0) is 62.6 Å². The zero-order valence-corrected chi connectivity index (χ0v) is 22.1. The number of carbonyl (C=O) groups is 3. The van der Waals surface area contributed by atoms with Crippen LogP contribution in [0.4, 0.5) is 11.4 Å². The molecule has 1 spiro atoms. The summed E-state index contributed by atoms with van der Waals surface area (Å²) >= 11 is 7.88. The maximum absolute atomic E-state index is 13.8. The van der Waals surface area contributed by atoms with E-state index >= 15 is 0 Å². The van der Waals surface area contributed by atoms with E-state index in [9.17, 15) is 19.5 Å². The normalized spacial score (nSPS) is 27.8. The number of ether oxygens (including phenoxy) is 1. The van der Waals surface area contributed by atoms with Gasteiger partial charge in [-0.3, -0.25) is 14.4 Å². The van der Waals surface area contributed by atoms with Gasteiger partial charge in [-0.15, -0.1) is 11.8 Å². The third-order valence-electron chi connectivity index (χ3n) is 7.47. The number of rotatable bonds is 9. The molecule has 37 heavy (non-hydrogen) atoms. The van der Waals surface area contributed by atoms with E-state index in [0.29, 0.717) is 41.6 Å². The Morgan fingerprint density at radius 3 is 2.62 bits per heavy atom. The molecule has 3 aliphatic rings. The fourth-order valence-corrected chi connectivity index (χ4v) is 8.43. The molecule has 2 bridgehead atoms. The number of aliphatic hydroxyl groups excluding tert-OH is 1. The second-order valence-corrected chi connectivity index (χ2v) is 11.6. The van der Waals surface area contributed by atoms with Gasteiger partial charge in [-0.25, -0.2) is 0 Å². The summed E-state index contributed by atoms with van der Waals surface area (Å²) in [5, 5.41) is 15.7. The van der Waals surface area contributed by atoms with E-state index in [1.165, 1.54) is 0 Å². The molecule has 2 aromatic carbocycles. The van der Waals surface area contributed by atoms with Crippen LogP contribution in [0.25, 0.3) is 0 Å². The van der Waals surface area contributed by atoms with Crippen LogP contribution >= 0.6 is 23.4 Å². The maximum Gasteiger partial charge on any atom is 0.248 e. The number of nitrogens with one attached hydrogen (secondary N) is 2. The number of fused-ring (bicyclic) bond motifs is 1. The van der Waals surface area contributed by atoms with Crippen molar-refractivity contribution >= 4 is 52.5 Å². The summed E-state index contributed by atoms with van der Waals surface area (Å²) in [6.45, 7) is 2.60. The van der Waals surface area contributed by atoms with Crippen molar-refractivity contribution in [3.05, 3.63) is 53.6 Å². The summed E-state index contributed by atoms with van der Waals surface area (Å²) < 4.78 is 4.77. The van der Waals surface area contributed by atoms with Crippen molar-refractivity contribution in [3.63, 3.8) is 0 Å². The van der Waals surface area contributed by atoms with Gasteiger partial charge in [0.25, 0.3) is 0 Å². The first kappa shape index (κ1) is 25.9. The Balaban J connectivity index is 1.42. The highest BCUT2D eigenvalue weighted by Gasteiger charge is 2.73. The number of hydrogen-bond donors (Lipinski definition) is 3. The first-order valence-electron chi connectivity index (χ1n) is 12.6. The molecule has 196 valence electrons. The lowest BCUT2D eigenvalue weighted by atomic mass is 9.70. The number of likely N-dealkylation sites (tertiary alicyclic amines) is 1. The third kappa shape index (κ3) is 4.57. The number of thioether (sulfide) groups is 1. The third-order valence-corrected chi connectivity index (χ3v) is 9.75. The van der Waals surface area contributed by atoms with Gasteiger partial charge in [-0.1, -0.05) is 23.7 Å². The van der Waals surface area contributed by atoms with Crippen molar-refractivity contribution in [2.24, 2.45) is 11.8 Å². The minimum atomic E-state index is -0.758.